The normalized spacial score (nSPS) is 10.6. The Kier molecular flexibility index (Phi) is 3.20. The van der Waals surface area contributed by atoms with E-state index in [0.717, 1.165) is 11.1 Å². The van der Waals surface area contributed by atoms with Crippen molar-refractivity contribution in [1.29, 1.82) is 5.26 Å². The number of hydrogen-bond acceptors (Lipinski definition) is 5. The fourth-order valence-corrected chi connectivity index (χ4v) is 2.28. The molecule has 0 fully saturated rings. The number of aryl methyl sites for hydroxylation is 2. The van der Waals surface area contributed by atoms with Crippen LogP contribution in [0.1, 0.15) is 16.7 Å². The van der Waals surface area contributed by atoms with Crippen molar-refractivity contribution in [2.45, 2.75) is 13.8 Å². The molecule has 0 saturated heterocycles. The largest absolute Gasteiger partial charge is 0.438 e. The lowest BCUT2D eigenvalue weighted by Crippen LogP contribution is -2.00. The number of ether oxygens (including phenoxy) is 1. The van der Waals surface area contributed by atoms with Crippen LogP contribution in [0.4, 0.5) is 0 Å². The van der Waals surface area contributed by atoms with Crippen LogP contribution >= 0.6 is 11.6 Å². The van der Waals surface area contributed by atoms with E-state index in [1.807, 2.05) is 13.8 Å². The van der Waals surface area contributed by atoms with Crippen molar-refractivity contribution in [2.75, 3.05) is 0 Å². The third-order valence-corrected chi connectivity index (χ3v) is 3.18. The van der Waals surface area contributed by atoms with Crippen molar-refractivity contribution in [3.63, 3.8) is 0 Å². The summed E-state index contributed by atoms with van der Waals surface area (Å²) in [5.41, 5.74) is 2.30. The van der Waals surface area contributed by atoms with Gasteiger partial charge in [-0.1, -0.05) is 11.6 Å². The quantitative estimate of drug-likeness (QED) is 0.680. The van der Waals surface area contributed by atoms with E-state index in [1.54, 1.807) is 18.2 Å². The minimum absolute atomic E-state index is 0.273. The Morgan fingerprint density at radius 3 is 2.62 bits per heavy atom. The lowest BCUT2D eigenvalue weighted by atomic mass is 10.1. The Hall–Kier alpha value is -2.65. The molecule has 1 aromatic carbocycles. The fraction of sp³-hybridized carbons (Fsp3) is 0.143. The van der Waals surface area contributed by atoms with Gasteiger partial charge in [0.15, 0.2) is 0 Å². The molecule has 0 aliphatic heterocycles. The first-order valence-corrected chi connectivity index (χ1v) is 6.52. The van der Waals surface area contributed by atoms with Crippen LogP contribution in [0.25, 0.3) is 5.78 Å². The maximum absolute atomic E-state index is 8.98. The van der Waals surface area contributed by atoms with Crippen LogP contribution in [0.2, 0.25) is 5.15 Å². The minimum atomic E-state index is 0.273. The average Bonchev–Trinajstić information content (AvgIpc) is 2.90. The first kappa shape index (κ1) is 13.3. The summed E-state index contributed by atoms with van der Waals surface area (Å²) in [4.78, 5) is 8.03. The van der Waals surface area contributed by atoms with E-state index in [1.165, 1.54) is 10.8 Å². The molecule has 0 radical (unpaired) electrons. The summed E-state index contributed by atoms with van der Waals surface area (Å²) in [5, 5.41) is 13.3. The van der Waals surface area contributed by atoms with Crippen molar-refractivity contribution < 1.29 is 4.74 Å². The van der Waals surface area contributed by atoms with Gasteiger partial charge < -0.3 is 4.74 Å². The summed E-state index contributed by atoms with van der Waals surface area (Å²) >= 11 is 5.96. The van der Waals surface area contributed by atoms with E-state index in [9.17, 15) is 0 Å². The van der Waals surface area contributed by atoms with E-state index in [0.29, 0.717) is 23.0 Å². The van der Waals surface area contributed by atoms with Gasteiger partial charge in [0.1, 0.15) is 17.2 Å². The standard InChI is InChI=1S/C14H10ClN5O/c1-8-3-10(6-16)4-9(2)13(8)21-12-5-11(15)19-14-17-7-18-20(12)14/h3-5,7H,1-2H3. The molecule has 0 N–H and O–H groups in total. The number of fused-ring (bicyclic) bond motifs is 1. The first-order chi connectivity index (χ1) is 10.1. The molecule has 3 aromatic rings. The molecule has 21 heavy (non-hydrogen) atoms. The topological polar surface area (TPSA) is 76.1 Å². The Bertz CT molecular complexity index is 858. The molecule has 0 saturated carbocycles. The predicted octanol–water partition coefficient (Wildman–Crippen LogP) is 3.06. The summed E-state index contributed by atoms with van der Waals surface area (Å²) in [6.07, 6.45) is 1.38. The van der Waals surface area contributed by atoms with E-state index in [2.05, 4.69) is 21.1 Å². The summed E-state index contributed by atoms with van der Waals surface area (Å²) < 4.78 is 7.38. The van der Waals surface area contributed by atoms with E-state index in [-0.39, 0.29) is 5.15 Å². The van der Waals surface area contributed by atoms with Gasteiger partial charge in [-0.2, -0.15) is 24.8 Å². The van der Waals surface area contributed by atoms with Crippen LogP contribution in [0.15, 0.2) is 24.5 Å². The summed E-state index contributed by atoms with van der Waals surface area (Å²) in [5.74, 6) is 1.44. The van der Waals surface area contributed by atoms with Gasteiger partial charge in [0.05, 0.1) is 11.6 Å². The lowest BCUT2D eigenvalue weighted by Gasteiger charge is -2.12. The molecule has 2 aromatic heterocycles. The van der Waals surface area contributed by atoms with Crippen molar-refractivity contribution in [1.82, 2.24) is 19.6 Å². The predicted molar refractivity (Wildman–Crippen MR) is 76.5 cm³/mol. The maximum Gasteiger partial charge on any atom is 0.256 e. The summed E-state index contributed by atoms with van der Waals surface area (Å²) in [6, 6.07) is 7.22. The molecule has 0 amide bonds. The molecule has 2 heterocycles. The van der Waals surface area contributed by atoms with Gasteiger partial charge in [0.2, 0.25) is 5.88 Å². The number of halogens is 1. The number of nitriles is 1. The van der Waals surface area contributed by atoms with Gasteiger partial charge in [-0.15, -0.1) is 0 Å². The van der Waals surface area contributed by atoms with Gasteiger partial charge in [0, 0.05) is 6.07 Å². The number of benzene rings is 1. The van der Waals surface area contributed by atoms with Gasteiger partial charge in [0.25, 0.3) is 5.78 Å². The van der Waals surface area contributed by atoms with Crippen molar-refractivity contribution in [3.8, 4) is 17.7 Å². The molecular weight excluding hydrogens is 290 g/mol. The van der Waals surface area contributed by atoms with E-state index in [4.69, 9.17) is 21.6 Å². The van der Waals surface area contributed by atoms with Gasteiger partial charge in [-0.05, 0) is 37.1 Å². The summed E-state index contributed by atoms with van der Waals surface area (Å²) in [7, 11) is 0. The molecular formula is C14H10ClN5O. The van der Waals surface area contributed by atoms with Crippen LogP contribution in [0.3, 0.4) is 0 Å². The Morgan fingerprint density at radius 2 is 1.95 bits per heavy atom. The number of rotatable bonds is 2. The van der Waals surface area contributed by atoms with Crippen LogP contribution < -0.4 is 4.74 Å². The Labute approximate surface area is 125 Å². The van der Waals surface area contributed by atoms with Crippen LogP contribution in [0, 0.1) is 25.2 Å². The second-order valence-electron chi connectivity index (χ2n) is 4.54. The zero-order valence-corrected chi connectivity index (χ0v) is 12.1. The molecule has 0 atom stereocenters. The molecule has 0 spiro atoms. The van der Waals surface area contributed by atoms with Crippen LogP contribution in [-0.4, -0.2) is 19.6 Å². The molecule has 0 unspecified atom stereocenters. The third kappa shape index (κ3) is 2.39. The molecule has 0 aliphatic rings. The number of hydrogen-bond donors (Lipinski definition) is 0. The Morgan fingerprint density at radius 1 is 1.24 bits per heavy atom. The van der Waals surface area contributed by atoms with Crippen molar-refractivity contribution in [3.05, 3.63) is 46.4 Å². The highest BCUT2D eigenvalue weighted by Gasteiger charge is 2.12. The maximum atomic E-state index is 8.98. The highest BCUT2D eigenvalue weighted by molar-refractivity contribution is 6.29. The second-order valence-corrected chi connectivity index (χ2v) is 4.93. The van der Waals surface area contributed by atoms with E-state index >= 15 is 0 Å². The first-order valence-electron chi connectivity index (χ1n) is 6.14. The molecule has 3 rings (SSSR count). The summed E-state index contributed by atoms with van der Waals surface area (Å²) in [6.45, 7) is 3.76. The van der Waals surface area contributed by atoms with Crippen molar-refractivity contribution in [2.24, 2.45) is 0 Å². The van der Waals surface area contributed by atoms with Crippen molar-refractivity contribution >= 4 is 17.4 Å². The van der Waals surface area contributed by atoms with E-state index < -0.39 is 0 Å². The number of aromatic nitrogens is 4. The molecule has 0 aliphatic carbocycles. The monoisotopic (exact) mass is 299 g/mol. The highest BCUT2D eigenvalue weighted by Crippen LogP contribution is 2.30. The van der Waals surface area contributed by atoms with Crippen LogP contribution in [-0.2, 0) is 0 Å². The Balaban J connectivity index is 2.11. The molecule has 7 heteroatoms. The zero-order valence-electron chi connectivity index (χ0n) is 11.3. The average molecular weight is 300 g/mol. The fourth-order valence-electron chi connectivity index (χ4n) is 2.11. The molecule has 104 valence electrons. The smallest absolute Gasteiger partial charge is 0.256 e. The number of nitrogens with zero attached hydrogens (tertiary/aromatic N) is 5. The molecule has 6 nitrogen and oxygen atoms in total. The van der Waals surface area contributed by atoms with Gasteiger partial charge in [-0.3, -0.25) is 0 Å². The highest BCUT2D eigenvalue weighted by atomic mass is 35.5. The zero-order chi connectivity index (χ0) is 15.0. The third-order valence-electron chi connectivity index (χ3n) is 2.98. The minimum Gasteiger partial charge on any atom is -0.438 e. The molecule has 0 bridgehead atoms. The second kappa shape index (κ2) is 5.04. The van der Waals surface area contributed by atoms with Crippen LogP contribution in [0.5, 0.6) is 11.6 Å². The van der Waals surface area contributed by atoms with Gasteiger partial charge in [-0.25, -0.2) is 0 Å². The lowest BCUT2D eigenvalue weighted by molar-refractivity contribution is 0.439. The van der Waals surface area contributed by atoms with Gasteiger partial charge >= 0.3 is 0 Å². The SMILES string of the molecule is Cc1cc(C#N)cc(C)c1Oc1cc(Cl)nc2ncnn12.